The van der Waals surface area contributed by atoms with Crippen LogP contribution in [0.5, 0.6) is 0 Å². The molecule has 2 aromatic heterocycles. The number of hydrogen-bond acceptors (Lipinski definition) is 4. The van der Waals surface area contributed by atoms with Crippen LogP contribution in [0, 0.1) is 0 Å². The number of benzene rings is 1. The number of carbonyl (C=O) groups excluding carboxylic acids is 2. The van der Waals surface area contributed by atoms with Crippen molar-refractivity contribution in [3.8, 4) is 0 Å². The van der Waals surface area contributed by atoms with Crippen LogP contribution >= 0.6 is 0 Å². The molecule has 1 unspecified atom stereocenters. The summed E-state index contributed by atoms with van der Waals surface area (Å²) < 4.78 is 3.61. The zero-order valence-corrected chi connectivity index (χ0v) is 17.3. The van der Waals surface area contributed by atoms with Crippen LogP contribution in [-0.4, -0.2) is 51.2 Å². The van der Waals surface area contributed by atoms with Crippen molar-refractivity contribution in [1.29, 1.82) is 0 Å². The minimum atomic E-state index is -0.490. The van der Waals surface area contributed by atoms with Crippen molar-refractivity contribution in [2.45, 2.75) is 26.4 Å². The summed E-state index contributed by atoms with van der Waals surface area (Å²) in [5, 5.41) is 11.1. The topological polar surface area (TPSA) is 84.2 Å². The Balaban J connectivity index is 1.75. The molecule has 2 amide bonds. The van der Waals surface area contributed by atoms with Crippen molar-refractivity contribution in [2.24, 2.45) is 7.05 Å². The average Bonchev–Trinajstić information content (AvgIpc) is 3.29. The summed E-state index contributed by atoms with van der Waals surface area (Å²) in [6.45, 7) is 5.67. The maximum atomic E-state index is 12.7. The zero-order chi connectivity index (χ0) is 21.0. The lowest BCUT2D eigenvalue weighted by molar-refractivity contribution is -0.131. The molecule has 2 heterocycles. The van der Waals surface area contributed by atoms with Gasteiger partial charge in [0.2, 0.25) is 11.8 Å². The molecule has 1 atom stereocenters. The number of rotatable bonds is 8. The van der Waals surface area contributed by atoms with Crippen molar-refractivity contribution in [1.82, 2.24) is 24.6 Å². The first-order chi connectivity index (χ1) is 14.0. The second-order valence-electron chi connectivity index (χ2n) is 6.94. The van der Waals surface area contributed by atoms with Gasteiger partial charge >= 0.3 is 0 Å². The van der Waals surface area contributed by atoms with Crippen molar-refractivity contribution in [3.63, 3.8) is 0 Å². The van der Waals surface area contributed by atoms with E-state index in [4.69, 9.17) is 0 Å². The third kappa shape index (κ3) is 4.48. The fourth-order valence-electron chi connectivity index (χ4n) is 3.49. The Bertz CT molecular complexity index is 1000. The largest absolute Gasteiger partial charge is 0.342 e. The van der Waals surface area contributed by atoms with Gasteiger partial charge in [-0.2, -0.15) is 5.10 Å². The van der Waals surface area contributed by atoms with Crippen LogP contribution in [-0.2, 0) is 23.2 Å². The molecule has 0 saturated carbocycles. The van der Waals surface area contributed by atoms with E-state index in [9.17, 15) is 9.59 Å². The number of hydrogen-bond donors (Lipinski definition) is 2. The Morgan fingerprint density at radius 3 is 2.59 bits per heavy atom. The first-order valence-electron chi connectivity index (χ1n) is 9.80. The average molecular weight is 396 g/mol. The minimum Gasteiger partial charge on any atom is -0.342 e. The molecule has 154 valence electrons. The quantitative estimate of drug-likeness (QED) is 0.611. The third-order valence-electron chi connectivity index (χ3n) is 5.07. The molecular weight excluding hydrogens is 368 g/mol. The van der Waals surface area contributed by atoms with Gasteiger partial charge in [0.1, 0.15) is 12.6 Å². The van der Waals surface area contributed by atoms with Gasteiger partial charge in [0, 0.05) is 54.7 Å². The van der Waals surface area contributed by atoms with Crippen LogP contribution < -0.4 is 10.6 Å². The van der Waals surface area contributed by atoms with E-state index in [1.165, 1.54) is 0 Å². The van der Waals surface area contributed by atoms with Gasteiger partial charge in [-0.1, -0.05) is 0 Å². The van der Waals surface area contributed by atoms with E-state index >= 15 is 0 Å². The lowest BCUT2D eigenvalue weighted by atomic mass is 10.1. The molecule has 8 heteroatoms. The number of amides is 2. The molecule has 0 aliphatic heterocycles. The van der Waals surface area contributed by atoms with Gasteiger partial charge in [-0.25, -0.2) is 0 Å². The second-order valence-corrected chi connectivity index (χ2v) is 6.94. The lowest BCUT2D eigenvalue weighted by Gasteiger charge is -2.19. The summed E-state index contributed by atoms with van der Waals surface area (Å²) in [4.78, 5) is 26.9. The van der Waals surface area contributed by atoms with E-state index in [0.29, 0.717) is 25.3 Å². The van der Waals surface area contributed by atoms with Gasteiger partial charge in [-0.15, -0.1) is 0 Å². The highest BCUT2D eigenvalue weighted by Gasteiger charge is 2.20. The highest BCUT2D eigenvalue weighted by atomic mass is 16.2. The summed E-state index contributed by atoms with van der Waals surface area (Å²) in [5.41, 5.74) is 2.47. The van der Waals surface area contributed by atoms with E-state index in [1.807, 2.05) is 67.0 Å². The highest BCUT2D eigenvalue weighted by molar-refractivity contribution is 5.97. The Kier molecular flexibility index (Phi) is 6.33. The van der Waals surface area contributed by atoms with Crippen LogP contribution in [0.1, 0.15) is 25.5 Å². The second kappa shape index (κ2) is 8.91. The van der Waals surface area contributed by atoms with Crippen LogP contribution in [0.15, 0.2) is 42.9 Å². The SMILES string of the molecule is CCN(CC)C(=O)Cn1ccc2cc(NC(=O)C(NC)c3cnn(C)c3)ccc21. The van der Waals surface area contributed by atoms with Gasteiger partial charge in [0.15, 0.2) is 0 Å². The molecule has 1 aromatic carbocycles. The van der Waals surface area contributed by atoms with Gasteiger partial charge in [-0.3, -0.25) is 14.3 Å². The Morgan fingerprint density at radius 2 is 1.97 bits per heavy atom. The van der Waals surface area contributed by atoms with Gasteiger partial charge < -0.3 is 20.1 Å². The van der Waals surface area contributed by atoms with Gasteiger partial charge in [-0.05, 0) is 45.2 Å². The van der Waals surface area contributed by atoms with Crippen LogP contribution in [0.3, 0.4) is 0 Å². The smallest absolute Gasteiger partial charge is 0.246 e. The zero-order valence-electron chi connectivity index (χ0n) is 17.3. The lowest BCUT2D eigenvalue weighted by Crippen LogP contribution is -2.33. The Morgan fingerprint density at radius 1 is 1.21 bits per heavy atom. The molecule has 0 bridgehead atoms. The summed E-state index contributed by atoms with van der Waals surface area (Å²) in [6.07, 6.45) is 5.40. The molecule has 0 radical (unpaired) electrons. The maximum Gasteiger partial charge on any atom is 0.246 e. The molecule has 0 aliphatic rings. The normalized spacial score (nSPS) is 12.1. The van der Waals surface area contributed by atoms with E-state index in [1.54, 1.807) is 17.9 Å². The Labute approximate surface area is 170 Å². The van der Waals surface area contributed by atoms with Crippen LogP contribution in [0.2, 0.25) is 0 Å². The molecule has 0 fully saturated rings. The van der Waals surface area contributed by atoms with Crippen molar-refractivity contribution < 1.29 is 9.59 Å². The predicted molar refractivity (Wildman–Crippen MR) is 114 cm³/mol. The summed E-state index contributed by atoms with van der Waals surface area (Å²) in [6, 6.07) is 7.17. The maximum absolute atomic E-state index is 12.7. The standard InChI is InChI=1S/C21H28N6O2/c1-5-26(6-2)19(28)14-27-10-9-15-11-17(7-8-18(15)27)24-21(29)20(22-3)16-12-23-25(4)13-16/h7-13,20,22H,5-6,14H2,1-4H3,(H,24,29). The number of aromatic nitrogens is 3. The van der Waals surface area contributed by atoms with Crippen molar-refractivity contribution in [3.05, 3.63) is 48.4 Å². The number of nitrogens with zero attached hydrogens (tertiary/aromatic N) is 4. The number of anilines is 1. The van der Waals surface area contributed by atoms with E-state index < -0.39 is 6.04 Å². The number of fused-ring (bicyclic) bond motifs is 1. The number of likely N-dealkylation sites (N-methyl/N-ethyl adjacent to an activating group) is 2. The summed E-state index contributed by atoms with van der Waals surface area (Å²) >= 11 is 0. The highest BCUT2D eigenvalue weighted by Crippen LogP contribution is 2.22. The molecule has 3 aromatic rings. The summed E-state index contributed by atoms with van der Waals surface area (Å²) in [5.74, 6) is -0.0609. The molecule has 2 N–H and O–H groups in total. The van der Waals surface area contributed by atoms with Crippen molar-refractivity contribution in [2.75, 3.05) is 25.5 Å². The fourth-order valence-corrected chi connectivity index (χ4v) is 3.49. The van der Waals surface area contributed by atoms with Gasteiger partial charge in [0.25, 0.3) is 0 Å². The molecular formula is C21H28N6O2. The Hall–Kier alpha value is -3.13. The monoisotopic (exact) mass is 396 g/mol. The first kappa shape index (κ1) is 20.6. The van der Waals surface area contributed by atoms with Crippen molar-refractivity contribution >= 4 is 28.4 Å². The van der Waals surface area contributed by atoms with E-state index in [2.05, 4.69) is 15.7 Å². The number of nitrogens with one attached hydrogen (secondary N) is 2. The number of aryl methyl sites for hydroxylation is 1. The molecule has 0 spiro atoms. The first-order valence-corrected chi connectivity index (χ1v) is 9.80. The molecule has 8 nitrogen and oxygen atoms in total. The molecule has 0 saturated heterocycles. The fraction of sp³-hybridized carbons (Fsp3) is 0.381. The number of carbonyl (C=O) groups is 2. The van der Waals surface area contributed by atoms with E-state index in [-0.39, 0.29) is 11.8 Å². The molecule has 29 heavy (non-hydrogen) atoms. The van der Waals surface area contributed by atoms with Crippen LogP contribution in [0.4, 0.5) is 5.69 Å². The van der Waals surface area contributed by atoms with E-state index in [0.717, 1.165) is 16.5 Å². The third-order valence-corrected chi connectivity index (χ3v) is 5.07. The predicted octanol–water partition coefficient (Wildman–Crippen LogP) is 2.14. The molecule has 3 rings (SSSR count). The van der Waals surface area contributed by atoms with Gasteiger partial charge in [0.05, 0.1) is 6.20 Å². The molecule has 0 aliphatic carbocycles. The van der Waals surface area contributed by atoms with Crippen LogP contribution in [0.25, 0.3) is 10.9 Å². The summed E-state index contributed by atoms with van der Waals surface area (Å²) in [7, 11) is 3.56. The minimum absolute atomic E-state index is 0.0956.